The zero-order chi connectivity index (χ0) is 14.9. The van der Waals surface area contributed by atoms with Crippen molar-refractivity contribution in [3.8, 4) is 16.9 Å². The third-order valence-electron chi connectivity index (χ3n) is 5.11. The van der Waals surface area contributed by atoms with E-state index in [4.69, 9.17) is 4.74 Å². The highest BCUT2D eigenvalue weighted by atomic mass is 16.5. The van der Waals surface area contributed by atoms with Crippen molar-refractivity contribution < 1.29 is 9.53 Å². The van der Waals surface area contributed by atoms with E-state index in [0.29, 0.717) is 17.6 Å². The van der Waals surface area contributed by atoms with Crippen molar-refractivity contribution in [1.29, 1.82) is 0 Å². The third kappa shape index (κ3) is 2.54. The van der Waals surface area contributed by atoms with Crippen molar-refractivity contribution >= 4 is 5.97 Å². The minimum Gasteiger partial charge on any atom is -0.426 e. The molecule has 0 aromatic heterocycles. The van der Waals surface area contributed by atoms with Crippen LogP contribution in [0.2, 0.25) is 0 Å². The highest BCUT2D eigenvalue weighted by molar-refractivity contribution is 5.79. The maximum atomic E-state index is 12.3. The van der Waals surface area contributed by atoms with Crippen LogP contribution in [0.3, 0.4) is 0 Å². The molecule has 0 saturated heterocycles. The van der Waals surface area contributed by atoms with Gasteiger partial charge in [0.2, 0.25) is 0 Å². The summed E-state index contributed by atoms with van der Waals surface area (Å²) in [5, 5.41) is 0. The highest BCUT2D eigenvalue weighted by Crippen LogP contribution is 2.55. The van der Waals surface area contributed by atoms with Gasteiger partial charge in [-0.05, 0) is 47.9 Å². The Morgan fingerprint density at radius 2 is 1.41 bits per heavy atom. The first-order chi connectivity index (χ1) is 10.8. The second-order valence-electron chi connectivity index (χ2n) is 6.45. The van der Waals surface area contributed by atoms with Crippen LogP contribution in [-0.4, -0.2) is 5.97 Å². The van der Waals surface area contributed by atoms with Crippen LogP contribution in [0.25, 0.3) is 11.1 Å². The zero-order valence-electron chi connectivity index (χ0n) is 12.6. The van der Waals surface area contributed by atoms with E-state index < -0.39 is 0 Å². The van der Waals surface area contributed by atoms with Gasteiger partial charge in [0.1, 0.15) is 5.75 Å². The summed E-state index contributed by atoms with van der Waals surface area (Å²) in [6.07, 6.45) is 4.96. The van der Waals surface area contributed by atoms with Gasteiger partial charge in [-0.2, -0.15) is 0 Å². The number of carbonyl (C=O) groups excluding carboxylic acids is 1. The highest BCUT2D eigenvalue weighted by Gasteiger charge is 2.55. The molecule has 0 aliphatic heterocycles. The van der Waals surface area contributed by atoms with Crippen LogP contribution in [0.5, 0.6) is 5.75 Å². The minimum absolute atomic E-state index is 0.0237. The van der Waals surface area contributed by atoms with Crippen LogP contribution in [-0.2, 0) is 4.79 Å². The maximum absolute atomic E-state index is 12.3. The molecule has 2 aliphatic carbocycles. The average molecular weight is 292 g/mol. The summed E-state index contributed by atoms with van der Waals surface area (Å²) < 4.78 is 5.58. The fourth-order valence-electron chi connectivity index (χ4n) is 3.87. The Morgan fingerprint density at radius 1 is 0.818 bits per heavy atom. The molecule has 2 nitrogen and oxygen atoms in total. The van der Waals surface area contributed by atoms with E-state index in [1.54, 1.807) is 0 Å². The molecule has 4 rings (SSSR count). The lowest BCUT2D eigenvalue weighted by Crippen LogP contribution is -2.12. The van der Waals surface area contributed by atoms with Crippen molar-refractivity contribution in [3.63, 3.8) is 0 Å². The Bertz CT molecular complexity index is 648. The molecule has 0 amide bonds. The summed E-state index contributed by atoms with van der Waals surface area (Å²) in [6, 6.07) is 18.0. The first-order valence-electron chi connectivity index (χ1n) is 8.20. The van der Waals surface area contributed by atoms with Gasteiger partial charge in [-0.1, -0.05) is 55.3 Å². The third-order valence-corrected chi connectivity index (χ3v) is 5.11. The summed E-state index contributed by atoms with van der Waals surface area (Å²) in [5.74, 6) is 2.00. The Hall–Kier alpha value is -2.09. The fraction of sp³-hybridized carbons (Fsp3) is 0.350. The lowest BCUT2D eigenvalue weighted by molar-refractivity contribution is -0.136. The molecule has 2 unspecified atom stereocenters. The van der Waals surface area contributed by atoms with Crippen LogP contribution in [0.15, 0.2) is 54.6 Å². The second kappa shape index (κ2) is 5.60. The molecule has 112 valence electrons. The number of benzene rings is 2. The molecule has 0 bridgehead atoms. The topological polar surface area (TPSA) is 26.3 Å². The van der Waals surface area contributed by atoms with Crippen molar-refractivity contribution in [2.24, 2.45) is 17.8 Å². The average Bonchev–Trinajstić information content (AvgIpc) is 3.31. The fourth-order valence-corrected chi connectivity index (χ4v) is 3.87. The molecule has 2 aromatic rings. The van der Waals surface area contributed by atoms with E-state index in [1.165, 1.54) is 31.2 Å². The van der Waals surface area contributed by atoms with Crippen LogP contribution in [0.4, 0.5) is 0 Å². The van der Waals surface area contributed by atoms with E-state index in [0.717, 1.165) is 5.56 Å². The number of esters is 1. The normalized spacial score (nSPS) is 26.1. The predicted octanol–water partition coefficient (Wildman–Crippen LogP) is 4.70. The molecule has 22 heavy (non-hydrogen) atoms. The second-order valence-corrected chi connectivity index (χ2v) is 6.45. The summed E-state index contributed by atoms with van der Waals surface area (Å²) in [5.41, 5.74) is 2.31. The number of hydrogen-bond donors (Lipinski definition) is 0. The van der Waals surface area contributed by atoms with Crippen molar-refractivity contribution in [3.05, 3.63) is 54.6 Å². The number of rotatable bonds is 3. The van der Waals surface area contributed by atoms with Crippen LogP contribution in [0.1, 0.15) is 25.7 Å². The van der Waals surface area contributed by atoms with Gasteiger partial charge in [-0.15, -0.1) is 0 Å². The molecule has 2 fully saturated rings. The van der Waals surface area contributed by atoms with E-state index in [2.05, 4.69) is 12.1 Å². The monoisotopic (exact) mass is 292 g/mol. The quantitative estimate of drug-likeness (QED) is 0.605. The smallest absolute Gasteiger partial charge is 0.314 e. The van der Waals surface area contributed by atoms with Gasteiger partial charge >= 0.3 is 5.97 Å². The first kappa shape index (κ1) is 13.6. The molecule has 2 saturated carbocycles. The molecule has 0 radical (unpaired) electrons. The van der Waals surface area contributed by atoms with Gasteiger partial charge in [0.15, 0.2) is 0 Å². The Labute approximate surface area is 131 Å². The molecular weight excluding hydrogens is 272 g/mol. The number of fused-ring (bicyclic) bond motifs is 1. The number of ether oxygens (including phenoxy) is 1. The number of carbonyl (C=O) groups is 1. The molecule has 0 N–H and O–H groups in total. The molecule has 2 aromatic carbocycles. The van der Waals surface area contributed by atoms with E-state index >= 15 is 0 Å². The Kier molecular flexibility index (Phi) is 3.45. The first-order valence-corrected chi connectivity index (χ1v) is 8.20. The van der Waals surface area contributed by atoms with Gasteiger partial charge in [0.05, 0.1) is 5.92 Å². The van der Waals surface area contributed by atoms with Crippen LogP contribution >= 0.6 is 0 Å². The minimum atomic E-state index is -0.0237. The van der Waals surface area contributed by atoms with Gasteiger partial charge in [0.25, 0.3) is 0 Å². The van der Waals surface area contributed by atoms with Gasteiger partial charge in [-0.3, -0.25) is 4.79 Å². The predicted molar refractivity (Wildman–Crippen MR) is 86.5 cm³/mol. The summed E-state index contributed by atoms with van der Waals surface area (Å²) in [4.78, 5) is 12.3. The van der Waals surface area contributed by atoms with Crippen molar-refractivity contribution in [2.45, 2.75) is 25.7 Å². The SMILES string of the molecule is O=C(Oc1ccc(-c2ccccc2)cc1)C1C2CCCCC21. The standard InChI is InChI=1S/C20H20O2/c21-20(19-17-8-4-5-9-18(17)19)22-16-12-10-15(11-13-16)14-6-2-1-3-7-14/h1-3,6-7,10-13,17-19H,4-5,8-9H2. The van der Waals surface area contributed by atoms with E-state index in [9.17, 15) is 4.79 Å². The summed E-state index contributed by atoms with van der Waals surface area (Å²) in [6.45, 7) is 0. The molecule has 2 heteroatoms. The molecular formula is C20H20O2. The van der Waals surface area contributed by atoms with Crippen molar-refractivity contribution in [2.75, 3.05) is 0 Å². The van der Waals surface area contributed by atoms with Gasteiger partial charge < -0.3 is 4.74 Å². The van der Waals surface area contributed by atoms with E-state index in [-0.39, 0.29) is 11.9 Å². The summed E-state index contributed by atoms with van der Waals surface area (Å²) in [7, 11) is 0. The Balaban J connectivity index is 1.42. The van der Waals surface area contributed by atoms with Crippen molar-refractivity contribution in [1.82, 2.24) is 0 Å². The Morgan fingerprint density at radius 3 is 2.05 bits per heavy atom. The molecule has 0 heterocycles. The summed E-state index contributed by atoms with van der Waals surface area (Å²) >= 11 is 0. The number of hydrogen-bond acceptors (Lipinski definition) is 2. The zero-order valence-corrected chi connectivity index (χ0v) is 12.6. The van der Waals surface area contributed by atoms with Crippen LogP contribution < -0.4 is 4.74 Å². The lowest BCUT2D eigenvalue weighted by Gasteiger charge is -2.06. The van der Waals surface area contributed by atoms with Crippen LogP contribution in [0, 0.1) is 17.8 Å². The van der Waals surface area contributed by atoms with Gasteiger partial charge in [-0.25, -0.2) is 0 Å². The maximum Gasteiger partial charge on any atom is 0.314 e. The largest absolute Gasteiger partial charge is 0.426 e. The molecule has 2 atom stereocenters. The lowest BCUT2D eigenvalue weighted by atomic mass is 10.0. The molecule has 0 spiro atoms. The molecule has 2 aliphatic rings. The van der Waals surface area contributed by atoms with E-state index in [1.807, 2.05) is 42.5 Å². The van der Waals surface area contributed by atoms with Gasteiger partial charge in [0, 0.05) is 0 Å².